The van der Waals surface area contributed by atoms with Crippen molar-refractivity contribution in [2.24, 2.45) is 0 Å². The minimum atomic E-state index is -0.804. The topological polar surface area (TPSA) is 84.0 Å². The van der Waals surface area contributed by atoms with Gasteiger partial charge < -0.3 is 5.32 Å². The first-order chi connectivity index (χ1) is 16.0. The Hall–Kier alpha value is -3.55. The Kier molecular flexibility index (Phi) is 7.12. The number of aromatic nitrogens is 2. The summed E-state index contributed by atoms with van der Waals surface area (Å²) in [4.78, 5) is 25.9. The van der Waals surface area contributed by atoms with Crippen molar-refractivity contribution in [1.82, 2.24) is 15.5 Å². The highest BCUT2D eigenvalue weighted by molar-refractivity contribution is 7.18. The normalized spacial score (nSPS) is 11.6. The fourth-order valence-electron chi connectivity index (χ4n) is 3.26. The predicted molar refractivity (Wildman–Crippen MR) is 132 cm³/mol. The average Bonchev–Trinajstić information content (AvgIpc) is 3.28. The molecule has 2 N–H and O–H groups in total. The van der Waals surface area contributed by atoms with E-state index >= 15 is 0 Å². The van der Waals surface area contributed by atoms with Gasteiger partial charge in [-0.25, -0.2) is 0 Å². The molecular formula is C25H21ClN4O2S. The molecule has 0 radical (unpaired) electrons. The van der Waals surface area contributed by atoms with Gasteiger partial charge >= 0.3 is 0 Å². The number of hydrogen-bond acceptors (Lipinski definition) is 5. The van der Waals surface area contributed by atoms with Crippen LogP contribution >= 0.6 is 22.9 Å². The third-order valence-corrected chi connectivity index (χ3v) is 6.07. The summed E-state index contributed by atoms with van der Waals surface area (Å²) in [6, 6.07) is 23.1. The molecule has 0 aliphatic rings. The van der Waals surface area contributed by atoms with Crippen LogP contribution in [0.3, 0.4) is 0 Å². The van der Waals surface area contributed by atoms with Crippen LogP contribution in [-0.4, -0.2) is 28.1 Å². The van der Waals surface area contributed by atoms with Crippen LogP contribution in [0.4, 0.5) is 5.13 Å². The third-order valence-electron chi connectivity index (χ3n) is 4.93. The van der Waals surface area contributed by atoms with Crippen LogP contribution in [0.25, 0.3) is 10.6 Å². The number of benzene rings is 3. The molecule has 0 aliphatic carbocycles. The van der Waals surface area contributed by atoms with Gasteiger partial charge in [-0.05, 0) is 42.8 Å². The lowest BCUT2D eigenvalue weighted by molar-refractivity contribution is -0.118. The first kappa shape index (κ1) is 22.6. The molecule has 6 nitrogen and oxygen atoms in total. The highest BCUT2D eigenvalue weighted by Gasteiger charge is 2.23. The number of nitrogens with one attached hydrogen (secondary N) is 2. The highest BCUT2D eigenvalue weighted by atomic mass is 35.5. The van der Waals surface area contributed by atoms with E-state index < -0.39 is 6.04 Å². The van der Waals surface area contributed by atoms with Gasteiger partial charge in [-0.3, -0.25) is 14.9 Å². The summed E-state index contributed by atoms with van der Waals surface area (Å²) in [5.41, 5.74) is 3.39. The molecule has 0 bridgehead atoms. The Morgan fingerprint density at radius 2 is 1.73 bits per heavy atom. The van der Waals surface area contributed by atoms with E-state index in [-0.39, 0.29) is 11.8 Å². The third kappa shape index (κ3) is 6.03. The number of hydrogen-bond donors (Lipinski definition) is 2. The van der Waals surface area contributed by atoms with E-state index in [9.17, 15) is 9.59 Å². The van der Waals surface area contributed by atoms with E-state index in [0.717, 1.165) is 16.7 Å². The van der Waals surface area contributed by atoms with Crippen LogP contribution in [0.2, 0.25) is 5.02 Å². The van der Waals surface area contributed by atoms with Crippen LogP contribution in [0.5, 0.6) is 0 Å². The molecule has 1 atom stereocenters. The Balaban J connectivity index is 1.51. The van der Waals surface area contributed by atoms with Crippen molar-refractivity contribution in [3.8, 4) is 10.6 Å². The van der Waals surface area contributed by atoms with Gasteiger partial charge in [-0.15, -0.1) is 10.2 Å². The second kappa shape index (κ2) is 10.4. The minimum absolute atomic E-state index is 0.329. The Bertz CT molecular complexity index is 1260. The number of nitrogens with zero attached hydrogens (tertiary/aromatic N) is 2. The molecule has 0 saturated heterocycles. The largest absolute Gasteiger partial charge is 0.340 e. The van der Waals surface area contributed by atoms with E-state index in [1.54, 1.807) is 24.3 Å². The molecule has 1 unspecified atom stereocenters. The number of halogens is 1. The van der Waals surface area contributed by atoms with Crippen molar-refractivity contribution in [2.45, 2.75) is 19.4 Å². The first-order valence-electron chi connectivity index (χ1n) is 10.3. The zero-order valence-corrected chi connectivity index (χ0v) is 19.4. The van der Waals surface area contributed by atoms with Crippen molar-refractivity contribution in [3.63, 3.8) is 0 Å². The molecule has 8 heteroatoms. The molecule has 1 heterocycles. The van der Waals surface area contributed by atoms with Crippen molar-refractivity contribution < 1.29 is 9.59 Å². The SMILES string of the molecule is Cc1cccc(-c2nnc(NC(=O)C(Cc3ccccc3)NC(=O)c3ccc(Cl)cc3)s2)c1. The van der Waals surface area contributed by atoms with Gasteiger partial charge in [0.2, 0.25) is 11.0 Å². The number of aryl methyl sites for hydroxylation is 1. The van der Waals surface area contributed by atoms with E-state index in [4.69, 9.17) is 11.6 Å². The molecule has 4 rings (SSSR count). The molecule has 0 aliphatic heterocycles. The zero-order valence-electron chi connectivity index (χ0n) is 17.8. The monoisotopic (exact) mass is 476 g/mol. The molecule has 0 spiro atoms. The van der Waals surface area contributed by atoms with E-state index in [1.165, 1.54) is 11.3 Å². The van der Waals surface area contributed by atoms with Crippen LogP contribution in [0.15, 0.2) is 78.9 Å². The molecule has 33 heavy (non-hydrogen) atoms. The summed E-state index contributed by atoms with van der Waals surface area (Å²) in [5, 5.41) is 15.5. The average molecular weight is 477 g/mol. The molecule has 4 aromatic rings. The summed E-state index contributed by atoms with van der Waals surface area (Å²) in [6.07, 6.45) is 0.329. The Labute approximate surface area is 200 Å². The molecule has 1 aromatic heterocycles. The van der Waals surface area contributed by atoms with Crippen molar-refractivity contribution >= 4 is 39.9 Å². The fourth-order valence-corrected chi connectivity index (χ4v) is 4.13. The lowest BCUT2D eigenvalue weighted by atomic mass is 10.0. The maximum absolute atomic E-state index is 13.1. The standard InChI is InChI=1S/C25H21ClN4O2S/c1-16-6-5-9-19(14-16)24-29-30-25(33-24)28-23(32)21(15-17-7-3-2-4-8-17)27-22(31)18-10-12-20(26)13-11-18/h2-14,21H,15H2,1H3,(H,27,31)(H,28,30,32). The summed E-state index contributed by atoms with van der Waals surface area (Å²) >= 11 is 7.20. The van der Waals surface area contributed by atoms with Gasteiger partial charge in [-0.1, -0.05) is 77.0 Å². The quantitative estimate of drug-likeness (QED) is 0.386. The molecular weight excluding hydrogens is 456 g/mol. The van der Waals surface area contributed by atoms with Crippen LogP contribution < -0.4 is 10.6 Å². The number of carbonyl (C=O) groups excluding carboxylic acids is 2. The molecule has 0 fully saturated rings. The summed E-state index contributed by atoms with van der Waals surface area (Å²) in [7, 11) is 0. The molecule has 0 saturated carbocycles. The minimum Gasteiger partial charge on any atom is -0.340 e. The van der Waals surface area contributed by atoms with Crippen LogP contribution in [0.1, 0.15) is 21.5 Å². The van der Waals surface area contributed by atoms with Crippen LogP contribution in [0, 0.1) is 6.92 Å². The highest BCUT2D eigenvalue weighted by Crippen LogP contribution is 2.27. The lowest BCUT2D eigenvalue weighted by Crippen LogP contribution is -2.45. The molecule has 166 valence electrons. The molecule has 2 amide bonds. The number of carbonyl (C=O) groups is 2. The predicted octanol–water partition coefficient (Wildman–Crippen LogP) is 5.15. The molecule has 3 aromatic carbocycles. The van der Waals surface area contributed by atoms with Gasteiger partial charge in [-0.2, -0.15) is 0 Å². The van der Waals surface area contributed by atoms with Gasteiger partial charge in [0.1, 0.15) is 11.0 Å². The van der Waals surface area contributed by atoms with Crippen molar-refractivity contribution in [2.75, 3.05) is 5.32 Å². The van der Waals surface area contributed by atoms with E-state index in [2.05, 4.69) is 20.8 Å². The smallest absolute Gasteiger partial charge is 0.251 e. The summed E-state index contributed by atoms with van der Waals surface area (Å²) < 4.78 is 0. The second-order valence-corrected chi connectivity index (χ2v) is 8.91. The Morgan fingerprint density at radius 1 is 0.970 bits per heavy atom. The van der Waals surface area contributed by atoms with Crippen LogP contribution in [-0.2, 0) is 11.2 Å². The number of amides is 2. The van der Waals surface area contributed by atoms with Gasteiger partial charge in [0.15, 0.2) is 0 Å². The second-order valence-electron chi connectivity index (χ2n) is 7.49. The fraction of sp³-hybridized carbons (Fsp3) is 0.120. The summed E-state index contributed by atoms with van der Waals surface area (Å²) in [5.74, 6) is -0.728. The maximum atomic E-state index is 13.1. The van der Waals surface area contributed by atoms with Crippen molar-refractivity contribution in [1.29, 1.82) is 0 Å². The maximum Gasteiger partial charge on any atom is 0.251 e. The lowest BCUT2D eigenvalue weighted by Gasteiger charge is -2.18. The number of anilines is 1. The Morgan fingerprint density at radius 3 is 2.45 bits per heavy atom. The summed E-state index contributed by atoms with van der Waals surface area (Å²) in [6.45, 7) is 2.00. The van der Waals surface area contributed by atoms with Gasteiger partial charge in [0, 0.05) is 22.6 Å². The van der Waals surface area contributed by atoms with Crippen molar-refractivity contribution in [3.05, 3.63) is 101 Å². The van der Waals surface area contributed by atoms with E-state index in [0.29, 0.717) is 27.1 Å². The van der Waals surface area contributed by atoms with E-state index in [1.807, 2.05) is 61.5 Å². The first-order valence-corrected chi connectivity index (χ1v) is 11.5. The van der Waals surface area contributed by atoms with Gasteiger partial charge in [0.05, 0.1) is 0 Å². The number of rotatable bonds is 7. The van der Waals surface area contributed by atoms with Gasteiger partial charge in [0.25, 0.3) is 5.91 Å². The zero-order chi connectivity index (χ0) is 23.2.